The van der Waals surface area contributed by atoms with Gasteiger partial charge in [0.1, 0.15) is 5.75 Å². The number of esters is 1. The second-order valence-corrected chi connectivity index (χ2v) is 4.94. The maximum Gasteiger partial charge on any atom is 0.315 e. The molecule has 0 radical (unpaired) electrons. The Balaban J connectivity index is 2.17. The lowest BCUT2D eigenvalue weighted by Gasteiger charge is -2.14. The van der Waals surface area contributed by atoms with Crippen LogP contribution in [-0.2, 0) is 11.2 Å². The van der Waals surface area contributed by atoms with Crippen molar-refractivity contribution < 1.29 is 28.7 Å². The molecule has 0 aliphatic rings. The summed E-state index contributed by atoms with van der Waals surface area (Å²) in [4.78, 5) is 22.3. The lowest BCUT2D eigenvalue weighted by molar-refractivity contribution is -0.384. The summed E-state index contributed by atoms with van der Waals surface area (Å²) in [5.74, 6) is 0.780. The van der Waals surface area contributed by atoms with Crippen LogP contribution in [0.2, 0.25) is 0 Å². The highest BCUT2D eigenvalue weighted by molar-refractivity contribution is 5.76. The highest BCUT2D eigenvalue weighted by Gasteiger charge is 2.16. The summed E-state index contributed by atoms with van der Waals surface area (Å²) >= 11 is 0. The first-order valence-electron chi connectivity index (χ1n) is 7.22. The fourth-order valence-electron chi connectivity index (χ4n) is 2.23. The molecule has 0 saturated heterocycles. The van der Waals surface area contributed by atoms with E-state index < -0.39 is 10.9 Å². The van der Waals surface area contributed by atoms with Gasteiger partial charge in [-0.25, -0.2) is 0 Å². The number of methoxy groups -OCH3 is 3. The minimum atomic E-state index is -0.574. The molecule has 0 aliphatic heterocycles. The normalized spacial score (nSPS) is 10.0. The second-order valence-electron chi connectivity index (χ2n) is 4.94. The van der Waals surface area contributed by atoms with Crippen molar-refractivity contribution in [3.8, 4) is 23.0 Å². The minimum Gasteiger partial charge on any atom is -0.493 e. The molecule has 25 heavy (non-hydrogen) atoms. The maximum absolute atomic E-state index is 12.1. The molecule has 0 saturated carbocycles. The van der Waals surface area contributed by atoms with Crippen LogP contribution in [-0.4, -0.2) is 32.2 Å². The first-order valence-corrected chi connectivity index (χ1v) is 7.22. The van der Waals surface area contributed by atoms with Gasteiger partial charge in [-0.3, -0.25) is 14.9 Å². The summed E-state index contributed by atoms with van der Waals surface area (Å²) in [6.07, 6.45) is -0.0700. The summed E-state index contributed by atoms with van der Waals surface area (Å²) in [7, 11) is 4.43. The molecule has 0 spiro atoms. The number of carbonyl (C=O) groups excluding carboxylic acids is 1. The fraction of sp³-hybridized carbons (Fsp3) is 0.235. The third-order valence-corrected chi connectivity index (χ3v) is 3.33. The minimum absolute atomic E-state index is 0.0700. The Bertz CT molecular complexity index is 763. The van der Waals surface area contributed by atoms with Gasteiger partial charge in [-0.05, 0) is 23.8 Å². The van der Waals surface area contributed by atoms with Crippen LogP contribution in [0.25, 0.3) is 0 Å². The van der Waals surface area contributed by atoms with E-state index in [0.717, 1.165) is 0 Å². The predicted octanol–water partition coefficient (Wildman–Crippen LogP) is 2.77. The Labute approximate surface area is 144 Å². The summed E-state index contributed by atoms with van der Waals surface area (Å²) in [5.41, 5.74) is 0.433. The molecule has 2 aromatic carbocycles. The van der Waals surface area contributed by atoms with E-state index in [-0.39, 0.29) is 17.9 Å². The van der Waals surface area contributed by atoms with Gasteiger partial charge in [0, 0.05) is 6.07 Å². The molecule has 0 heterocycles. The predicted molar refractivity (Wildman–Crippen MR) is 88.5 cm³/mol. The quantitative estimate of drug-likeness (QED) is 0.329. The molecule has 0 aliphatic carbocycles. The zero-order valence-corrected chi connectivity index (χ0v) is 14.0. The lowest BCUT2D eigenvalue weighted by atomic mass is 10.1. The van der Waals surface area contributed by atoms with E-state index >= 15 is 0 Å². The van der Waals surface area contributed by atoms with Crippen LogP contribution >= 0.6 is 0 Å². The first kappa shape index (κ1) is 18.1. The number of rotatable bonds is 7. The highest BCUT2D eigenvalue weighted by atomic mass is 16.6. The molecule has 8 heteroatoms. The van der Waals surface area contributed by atoms with Crippen LogP contribution in [0.4, 0.5) is 5.69 Å². The standard InChI is InChI=1S/C17H17NO7/c1-22-14-7-11(8-15(23-2)17(14)24-3)9-16(19)25-13-6-4-5-12(10-13)18(20)21/h4-8,10H,9H2,1-3H3. The summed E-state index contributed by atoms with van der Waals surface area (Å²) in [6, 6.07) is 8.69. The van der Waals surface area contributed by atoms with E-state index in [1.54, 1.807) is 12.1 Å². The Morgan fingerprint density at radius 2 is 1.68 bits per heavy atom. The van der Waals surface area contributed by atoms with Gasteiger partial charge in [0.05, 0.1) is 38.7 Å². The number of nitro benzene ring substituents is 1. The van der Waals surface area contributed by atoms with Gasteiger partial charge >= 0.3 is 5.97 Å². The topological polar surface area (TPSA) is 97.1 Å². The van der Waals surface area contributed by atoms with Crippen molar-refractivity contribution >= 4 is 11.7 Å². The molecule has 0 atom stereocenters. The average molecular weight is 347 g/mol. The molecule has 2 rings (SSSR count). The number of nitro groups is 1. The van der Waals surface area contributed by atoms with Crippen LogP contribution in [0, 0.1) is 10.1 Å². The third-order valence-electron chi connectivity index (χ3n) is 3.33. The Morgan fingerprint density at radius 3 is 2.20 bits per heavy atom. The molecule has 0 fully saturated rings. The molecule has 0 amide bonds. The molecule has 132 valence electrons. The van der Waals surface area contributed by atoms with Gasteiger partial charge < -0.3 is 18.9 Å². The van der Waals surface area contributed by atoms with Crippen molar-refractivity contribution in [3.05, 3.63) is 52.1 Å². The van der Waals surface area contributed by atoms with Crippen LogP contribution in [0.15, 0.2) is 36.4 Å². The monoisotopic (exact) mass is 347 g/mol. The molecule has 0 N–H and O–H groups in total. The molecule has 8 nitrogen and oxygen atoms in total. The van der Waals surface area contributed by atoms with E-state index in [1.165, 1.54) is 45.6 Å². The van der Waals surface area contributed by atoms with Gasteiger partial charge in [-0.15, -0.1) is 0 Å². The highest BCUT2D eigenvalue weighted by Crippen LogP contribution is 2.38. The van der Waals surface area contributed by atoms with E-state index in [2.05, 4.69) is 0 Å². The Kier molecular flexibility index (Phi) is 5.78. The molecular formula is C17H17NO7. The fourth-order valence-corrected chi connectivity index (χ4v) is 2.23. The van der Waals surface area contributed by atoms with Crippen molar-refractivity contribution in [1.29, 1.82) is 0 Å². The van der Waals surface area contributed by atoms with Crippen molar-refractivity contribution in [2.24, 2.45) is 0 Å². The number of ether oxygens (including phenoxy) is 4. The van der Waals surface area contributed by atoms with Gasteiger partial charge in [-0.2, -0.15) is 0 Å². The van der Waals surface area contributed by atoms with E-state index in [4.69, 9.17) is 18.9 Å². The lowest BCUT2D eigenvalue weighted by Crippen LogP contribution is -2.11. The smallest absolute Gasteiger partial charge is 0.315 e. The number of carbonyl (C=O) groups is 1. The van der Waals surface area contributed by atoms with Crippen molar-refractivity contribution in [1.82, 2.24) is 0 Å². The molecular weight excluding hydrogens is 330 g/mol. The zero-order chi connectivity index (χ0) is 18.4. The maximum atomic E-state index is 12.1. The number of hydrogen-bond donors (Lipinski definition) is 0. The van der Waals surface area contributed by atoms with Gasteiger partial charge in [0.2, 0.25) is 5.75 Å². The molecule has 0 bridgehead atoms. The zero-order valence-electron chi connectivity index (χ0n) is 14.0. The number of benzene rings is 2. The third kappa shape index (κ3) is 4.37. The number of non-ortho nitro benzene ring substituents is 1. The van der Waals surface area contributed by atoms with Gasteiger partial charge in [0.15, 0.2) is 11.5 Å². The van der Waals surface area contributed by atoms with Crippen molar-refractivity contribution in [3.63, 3.8) is 0 Å². The SMILES string of the molecule is COc1cc(CC(=O)Oc2cccc([N+](=O)[O-])c2)cc(OC)c1OC. The van der Waals surface area contributed by atoms with Crippen LogP contribution in [0.1, 0.15) is 5.56 Å². The van der Waals surface area contributed by atoms with Crippen LogP contribution in [0.5, 0.6) is 23.0 Å². The average Bonchev–Trinajstić information content (AvgIpc) is 2.60. The van der Waals surface area contributed by atoms with Crippen molar-refractivity contribution in [2.75, 3.05) is 21.3 Å². The van der Waals surface area contributed by atoms with Crippen molar-refractivity contribution in [2.45, 2.75) is 6.42 Å². The molecule has 2 aromatic rings. The summed E-state index contributed by atoms with van der Waals surface area (Å²) < 4.78 is 20.8. The van der Waals surface area contributed by atoms with Gasteiger partial charge in [-0.1, -0.05) is 6.07 Å². The van der Waals surface area contributed by atoms with E-state index in [0.29, 0.717) is 22.8 Å². The van der Waals surface area contributed by atoms with Gasteiger partial charge in [0.25, 0.3) is 5.69 Å². The van der Waals surface area contributed by atoms with Crippen LogP contribution in [0.3, 0.4) is 0 Å². The Morgan fingerprint density at radius 1 is 1.04 bits per heavy atom. The van der Waals surface area contributed by atoms with E-state index in [9.17, 15) is 14.9 Å². The largest absolute Gasteiger partial charge is 0.493 e. The molecule has 0 unspecified atom stereocenters. The summed E-state index contributed by atoms with van der Waals surface area (Å²) in [6.45, 7) is 0. The second kappa shape index (κ2) is 8.00. The summed E-state index contributed by atoms with van der Waals surface area (Å²) in [5, 5.41) is 10.8. The number of hydrogen-bond acceptors (Lipinski definition) is 7. The van der Waals surface area contributed by atoms with E-state index in [1.807, 2.05) is 0 Å². The molecule has 0 aromatic heterocycles. The Hall–Kier alpha value is -3.29. The number of nitrogens with zero attached hydrogens (tertiary/aromatic N) is 1. The van der Waals surface area contributed by atoms with Crippen LogP contribution < -0.4 is 18.9 Å². The first-order chi connectivity index (χ1) is 12.0.